The SMILES string of the molecule is CC(C)c1cc(C(=O)O)cc(NCC2CCCO2)n1. The van der Waals surface area contributed by atoms with Crippen molar-refractivity contribution in [2.24, 2.45) is 0 Å². The molecule has 1 unspecified atom stereocenters. The van der Waals surface area contributed by atoms with Crippen molar-refractivity contribution < 1.29 is 14.6 Å². The molecule has 1 saturated heterocycles. The van der Waals surface area contributed by atoms with Crippen molar-refractivity contribution in [3.05, 3.63) is 23.4 Å². The molecular formula is C14H20N2O3. The van der Waals surface area contributed by atoms with Gasteiger partial charge in [-0.2, -0.15) is 0 Å². The van der Waals surface area contributed by atoms with Gasteiger partial charge in [0.25, 0.3) is 0 Å². The van der Waals surface area contributed by atoms with Gasteiger partial charge in [-0.25, -0.2) is 9.78 Å². The molecule has 0 spiro atoms. The van der Waals surface area contributed by atoms with Crippen LogP contribution in [0.3, 0.4) is 0 Å². The predicted octanol–water partition coefficient (Wildman–Crippen LogP) is 2.49. The summed E-state index contributed by atoms with van der Waals surface area (Å²) in [6, 6.07) is 3.20. The quantitative estimate of drug-likeness (QED) is 0.855. The standard InChI is InChI=1S/C14H20N2O3/c1-9(2)12-6-10(14(17)18)7-13(16-12)15-8-11-4-3-5-19-11/h6-7,9,11H,3-5,8H2,1-2H3,(H,15,16)(H,17,18). The van der Waals surface area contributed by atoms with Crippen molar-refractivity contribution in [2.45, 2.75) is 38.7 Å². The van der Waals surface area contributed by atoms with Crippen molar-refractivity contribution in [1.29, 1.82) is 0 Å². The number of hydrogen-bond acceptors (Lipinski definition) is 4. The number of pyridine rings is 1. The molecule has 1 aromatic heterocycles. The molecule has 2 rings (SSSR count). The van der Waals surface area contributed by atoms with Gasteiger partial charge in [0, 0.05) is 18.8 Å². The molecule has 2 heterocycles. The third kappa shape index (κ3) is 3.67. The van der Waals surface area contributed by atoms with Crippen LogP contribution in [-0.4, -0.2) is 35.3 Å². The second-order valence-corrected chi connectivity index (χ2v) is 5.14. The molecule has 0 bridgehead atoms. The van der Waals surface area contributed by atoms with Crippen molar-refractivity contribution in [2.75, 3.05) is 18.5 Å². The molecule has 2 N–H and O–H groups in total. The number of nitrogens with zero attached hydrogens (tertiary/aromatic N) is 1. The number of carboxylic acid groups (broad SMARTS) is 1. The van der Waals surface area contributed by atoms with Crippen LogP contribution in [0.2, 0.25) is 0 Å². The minimum atomic E-state index is -0.926. The summed E-state index contributed by atoms with van der Waals surface area (Å²) in [5, 5.41) is 12.3. The van der Waals surface area contributed by atoms with Crippen LogP contribution in [0.25, 0.3) is 0 Å². The van der Waals surface area contributed by atoms with E-state index in [2.05, 4.69) is 10.3 Å². The molecule has 1 atom stereocenters. The first-order valence-corrected chi connectivity index (χ1v) is 6.67. The first-order chi connectivity index (χ1) is 9.06. The number of aromatic carboxylic acids is 1. The molecule has 0 saturated carbocycles. The molecule has 5 nitrogen and oxygen atoms in total. The number of ether oxygens (including phenoxy) is 1. The summed E-state index contributed by atoms with van der Waals surface area (Å²) >= 11 is 0. The van der Waals surface area contributed by atoms with E-state index in [1.54, 1.807) is 12.1 Å². The van der Waals surface area contributed by atoms with Crippen LogP contribution in [0.5, 0.6) is 0 Å². The van der Waals surface area contributed by atoms with E-state index < -0.39 is 5.97 Å². The molecule has 104 valence electrons. The molecule has 0 aromatic carbocycles. The lowest BCUT2D eigenvalue weighted by Crippen LogP contribution is -2.19. The minimum Gasteiger partial charge on any atom is -0.478 e. The van der Waals surface area contributed by atoms with Gasteiger partial charge < -0.3 is 15.2 Å². The minimum absolute atomic E-state index is 0.197. The number of nitrogens with one attached hydrogen (secondary N) is 1. The third-order valence-electron chi connectivity index (χ3n) is 3.22. The van der Waals surface area contributed by atoms with E-state index in [4.69, 9.17) is 9.84 Å². The number of carbonyl (C=O) groups is 1. The molecule has 1 fully saturated rings. The van der Waals surface area contributed by atoms with Crippen molar-refractivity contribution in [3.8, 4) is 0 Å². The number of anilines is 1. The zero-order valence-corrected chi connectivity index (χ0v) is 11.3. The van der Waals surface area contributed by atoms with Gasteiger partial charge in [-0.1, -0.05) is 13.8 Å². The van der Waals surface area contributed by atoms with Crippen LogP contribution >= 0.6 is 0 Å². The van der Waals surface area contributed by atoms with E-state index in [0.717, 1.165) is 25.1 Å². The topological polar surface area (TPSA) is 71.5 Å². The zero-order chi connectivity index (χ0) is 13.8. The fourth-order valence-corrected chi connectivity index (χ4v) is 2.09. The Bertz CT molecular complexity index is 454. The Morgan fingerprint density at radius 3 is 2.95 bits per heavy atom. The summed E-state index contributed by atoms with van der Waals surface area (Å²) in [7, 11) is 0. The second-order valence-electron chi connectivity index (χ2n) is 5.14. The Kier molecular flexibility index (Phi) is 4.37. The third-order valence-corrected chi connectivity index (χ3v) is 3.22. The van der Waals surface area contributed by atoms with Crippen LogP contribution in [0.1, 0.15) is 48.7 Å². The second kappa shape index (κ2) is 6.02. The Hall–Kier alpha value is -1.62. The fourth-order valence-electron chi connectivity index (χ4n) is 2.09. The lowest BCUT2D eigenvalue weighted by Gasteiger charge is -2.14. The summed E-state index contributed by atoms with van der Waals surface area (Å²) < 4.78 is 5.52. The average molecular weight is 264 g/mol. The van der Waals surface area contributed by atoms with Crippen LogP contribution in [0, 0.1) is 0 Å². The molecule has 1 aliphatic heterocycles. The number of rotatable bonds is 5. The molecule has 0 aliphatic carbocycles. The first-order valence-electron chi connectivity index (χ1n) is 6.67. The Balaban J connectivity index is 2.11. The molecule has 1 aliphatic rings. The van der Waals surface area contributed by atoms with Gasteiger partial charge in [0.2, 0.25) is 0 Å². The van der Waals surface area contributed by atoms with Crippen molar-refractivity contribution in [3.63, 3.8) is 0 Å². The molecule has 0 amide bonds. The zero-order valence-electron chi connectivity index (χ0n) is 11.3. The first kappa shape index (κ1) is 13.8. The Labute approximate surface area is 113 Å². The van der Waals surface area contributed by atoms with Crippen LogP contribution in [0.15, 0.2) is 12.1 Å². The Morgan fingerprint density at radius 2 is 2.37 bits per heavy atom. The van der Waals surface area contributed by atoms with Crippen LogP contribution < -0.4 is 5.32 Å². The van der Waals surface area contributed by atoms with Gasteiger partial charge in [-0.3, -0.25) is 0 Å². The van der Waals surface area contributed by atoms with E-state index in [9.17, 15) is 4.79 Å². The summed E-state index contributed by atoms with van der Waals surface area (Å²) in [4.78, 5) is 15.6. The van der Waals surface area contributed by atoms with E-state index in [-0.39, 0.29) is 17.6 Å². The Morgan fingerprint density at radius 1 is 1.58 bits per heavy atom. The highest BCUT2D eigenvalue weighted by molar-refractivity contribution is 5.88. The van der Waals surface area contributed by atoms with E-state index in [1.165, 1.54) is 0 Å². The summed E-state index contributed by atoms with van der Waals surface area (Å²) in [6.45, 7) is 5.48. The van der Waals surface area contributed by atoms with Crippen LogP contribution in [-0.2, 0) is 4.74 Å². The van der Waals surface area contributed by atoms with Crippen molar-refractivity contribution >= 4 is 11.8 Å². The summed E-state index contributed by atoms with van der Waals surface area (Å²) in [6.07, 6.45) is 2.34. The van der Waals surface area contributed by atoms with E-state index in [0.29, 0.717) is 12.4 Å². The van der Waals surface area contributed by atoms with Crippen molar-refractivity contribution in [1.82, 2.24) is 4.98 Å². The maximum absolute atomic E-state index is 11.1. The molecular weight excluding hydrogens is 244 g/mol. The maximum atomic E-state index is 11.1. The van der Waals surface area contributed by atoms with Gasteiger partial charge >= 0.3 is 5.97 Å². The normalized spacial score (nSPS) is 18.8. The highest BCUT2D eigenvalue weighted by Crippen LogP contribution is 2.19. The maximum Gasteiger partial charge on any atom is 0.335 e. The van der Waals surface area contributed by atoms with Gasteiger partial charge in [-0.05, 0) is 30.9 Å². The molecule has 19 heavy (non-hydrogen) atoms. The highest BCUT2D eigenvalue weighted by atomic mass is 16.5. The van der Waals surface area contributed by atoms with E-state index in [1.807, 2.05) is 13.8 Å². The smallest absolute Gasteiger partial charge is 0.335 e. The fraction of sp³-hybridized carbons (Fsp3) is 0.571. The lowest BCUT2D eigenvalue weighted by atomic mass is 10.1. The monoisotopic (exact) mass is 264 g/mol. The van der Waals surface area contributed by atoms with Crippen LogP contribution in [0.4, 0.5) is 5.82 Å². The van der Waals surface area contributed by atoms with Gasteiger partial charge in [0.05, 0.1) is 11.7 Å². The molecule has 5 heteroatoms. The lowest BCUT2D eigenvalue weighted by molar-refractivity contribution is 0.0696. The number of carboxylic acids is 1. The molecule has 0 radical (unpaired) electrons. The molecule has 1 aromatic rings. The van der Waals surface area contributed by atoms with Gasteiger partial charge in [0.1, 0.15) is 5.82 Å². The average Bonchev–Trinajstić information content (AvgIpc) is 2.89. The predicted molar refractivity (Wildman–Crippen MR) is 72.7 cm³/mol. The number of aromatic nitrogens is 1. The largest absolute Gasteiger partial charge is 0.478 e. The van der Waals surface area contributed by atoms with Gasteiger partial charge in [-0.15, -0.1) is 0 Å². The van der Waals surface area contributed by atoms with Gasteiger partial charge in [0.15, 0.2) is 0 Å². The van der Waals surface area contributed by atoms with E-state index >= 15 is 0 Å². The summed E-state index contributed by atoms with van der Waals surface area (Å²) in [5.41, 5.74) is 1.06. The number of hydrogen-bond donors (Lipinski definition) is 2. The summed E-state index contributed by atoms with van der Waals surface area (Å²) in [5.74, 6) is -0.119. The highest BCUT2D eigenvalue weighted by Gasteiger charge is 2.16.